The zero-order chi connectivity index (χ0) is 14.8. The van der Waals surface area contributed by atoms with Crippen LogP contribution in [0.1, 0.15) is 13.8 Å². The fraction of sp³-hybridized carbons (Fsp3) is 0.636. The van der Waals surface area contributed by atoms with Crippen molar-refractivity contribution < 1.29 is 17.3 Å². The van der Waals surface area contributed by atoms with Crippen LogP contribution in [0.3, 0.4) is 0 Å². The first kappa shape index (κ1) is 15.3. The molecule has 2 rings (SSSR count). The number of morpholine rings is 1. The molecule has 1 aromatic rings. The second-order valence-corrected chi connectivity index (χ2v) is 6.58. The SMILES string of the molecule is CCS(=O)(=O)Oc1cc(N2CCOC[C@H]2C)nc(Cl)n1. The highest BCUT2D eigenvalue weighted by Gasteiger charge is 2.22. The predicted molar refractivity (Wildman–Crippen MR) is 74.8 cm³/mol. The second kappa shape index (κ2) is 6.11. The van der Waals surface area contributed by atoms with Gasteiger partial charge in [-0.15, -0.1) is 0 Å². The van der Waals surface area contributed by atoms with Crippen molar-refractivity contribution in [2.24, 2.45) is 0 Å². The summed E-state index contributed by atoms with van der Waals surface area (Å²) in [5.41, 5.74) is 0. The van der Waals surface area contributed by atoms with E-state index >= 15 is 0 Å². The van der Waals surface area contributed by atoms with Crippen molar-refractivity contribution in [3.8, 4) is 5.88 Å². The minimum Gasteiger partial charge on any atom is -0.377 e. The van der Waals surface area contributed by atoms with E-state index in [-0.39, 0.29) is 23.0 Å². The van der Waals surface area contributed by atoms with Gasteiger partial charge in [-0.2, -0.15) is 13.4 Å². The topological polar surface area (TPSA) is 81.6 Å². The van der Waals surface area contributed by atoms with Gasteiger partial charge in [-0.3, -0.25) is 0 Å². The van der Waals surface area contributed by atoms with E-state index in [2.05, 4.69) is 9.97 Å². The Morgan fingerprint density at radius 3 is 2.95 bits per heavy atom. The van der Waals surface area contributed by atoms with Crippen LogP contribution in [0.4, 0.5) is 5.82 Å². The molecule has 2 heterocycles. The van der Waals surface area contributed by atoms with Gasteiger partial charge in [-0.1, -0.05) is 0 Å². The van der Waals surface area contributed by atoms with Gasteiger partial charge in [0.25, 0.3) is 0 Å². The van der Waals surface area contributed by atoms with E-state index < -0.39 is 10.1 Å². The zero-order valence-corrected chi connectivity index (χ0v) is 12.8. The molecule has 1 aliphatic heterocycles. The van der Waals surface area contributed by atoms with Crippen LogP contribution in [0.15, 0.2) is 6.07 Å². The summed E-state index contributed by atoms with van der Waals surface area (Å²) in [7, 11) is -3.64. The lowest BCUT2D eigenvalue weighted by Gasteiger charge is -2.34. The maximum absolute atomic E-state index is 11.5. The van der Waals surface area contributed by atoms with E-state index in [1.165, 1.54) is 13.0 Å². The van der Waals surface area contributed by atoms with Crippen molar-refractivity contribution >= 4 is 27.5 Å². The number of rotatable bonds is 4. The van der Waals surface area contributed by atoms with Crippen LogP contribution in [0.5, 0.6) is 5.88 Å². The Morgan fingerprint density at radius 1 is 1.55 bits per heavy atom. The zero-order valence-electron chi connectivity index (χ0n) is 11.2. The summed E-state index contributed by atoms with van der Waals surface area (Å²) in [5, 5.41) is -0.0532. The van der Waals surface area contributed by atoms with Crippen LogP contribution < -0.4 is 9.08 Å². The number of nitrogens with zero attached hydrogens (tertiary/aromatic N) is 3. The van der Waals surface area contributed by atoms with E-state index in [0.29, 0.717) is 25.6 Å². The van der Waals surface area contributed by atoms with Crippen LogP contribution in [0.2, 0.25) is 5.28 Å². The molecule has 20 heavy (non-hydrogen) atoms. The molecular formula is C11H16ClN3O4S. The molecule has 1 atom stereocenters. The van der Waals surface area contributed by atoms with Crippen LogP contribution in [-0.2, 0) is 14.9 Å². The average Bonchev–Trinajstić information content (AvgIpc) is 2.38. The third-order valence-corrected chi connectivity index (χ3v) is 4.19. The van der Waals surface area contributed by atoms with E-state index in [4.69, 9.17) is 20.5 Å². The van der Waals surface area contributed by atoms with Gasteiger partial charge in [-0.05, 0) is 25.4 Å². The average molecular weight is 322 g/mol. The maximum atomic E-state index is 11.5. The smallest absolute Gasteiger partial charge is 0.310 e. The Labute approximate surface area is 123 Å². The maximum Gasteiger partial charge on any atom is 0.310 e. The molecule has 0 unspecified atom stereocenters. The number of anilines is 1. The third kappa shape index (κ3) is 3.71. The predicted octanol–water partition coefficient (Wildman–Crippen LogP) is 1.08. The molecule has 0 aliphatic carbocycles. The first-order valence-corrected chi connectivity index (χ1v) is 8.18. The Hall–Kier alpha value is -1.12. The molecule has 0 radical (unpaired) electrons. The van der Waals surface area contributed by atoms with Gasteiger partial charge in [0.15, 0.2) is 0 Å². The van der Waals surface area contributed by atoms with E-state index in [0.717, 1.165) is 0 Å². The molecule has 1 aromatic heterocycles. The summed E-state index contributed by atoms with van der Waals surface area (Å²) in [6.07, 6.45) is 0. The third-order valence-electron chi connectivity index (χ3n) is 2.89. The highest BCUT2D eigenvalue weighted by Crippen LogP contribution is 2.23. The van der Waals surface area contributed by atoms with E-state index in [1.807, 2.05) is 11.8 Å². The standard InChI is InChI=1S/C11H16ClN3O4S/c1-3-20(16,17)19-10-6-9(13-11(12)14-10)15-4-5-18-7-8(15)2/h6,8H,3-5,7H2,1-2H3/t8-/m1/s1. The lowest BCUT2D eigenvalue weighted by Crippen LogP contribution is -2.44. The van der Waals surface area contributed by atoms with Crippen LogP contribution in [-0.4, -0.2) is 49.9 Å². The molecular weight excluding hydrogens is 306 g/mol. The lowest BCUT2D eigenvalue weighted by atomic mass is 10.2. The van der Waals surface area contributed by atoms with Gasteiger partial charge in [0.2, 0.25) is 11.2 Å². The Kier molecular flexibility index (Phi) is 4.66. The van der Waals surface area contributed by atoms with Gasteiger partial charge in [-0.25, -0.2) is 4.98 Å². The van der Waals surface area contributed by atoms with E-state index in [1.54, 1.807) is 0 Å². The molecule has 0 amide bonds. The number of hydrogen-bond donors (Lipinski definition) is 0. The Bertz CT molecular complexity index is 581. The minimum absolute atomic E-state index is 0.0532. The van der Waals surface area contributed by atoms with Crippen molar-refractivity contribution in [3.05, 3.63) is 11.3 Å². The molecule has 9 heteroatoms. The summed E-state index contributed by atoms with van der Waals surface area (Å²) in [5.74, 6) is 0.320. The van der Waals surface area contributed by atoms with E-state index in [9.17, 15) is 8.42 Å². The molecule has 1 saturated heterocycles. The molecule has 0 N–H and O–H groups in total. The minimum atomic E-state index is -3.64. The monoisotopic (exact) mass is 321 g/mol. The molecule has 1 fully saturated rings. The summed E-state index contributed by atoms with van der Waals surface area (Å²) in [6.45, 7) is 5.27. The van der Waals surface area contributed by atoms with Gasteiger partial charge >= 0.3 is 10.1 Å². The molecule has 0 spiro atoms. The molecule has 7 nitrogen and oxygen atoms in total. The van der Waals surface area contributed by atoms with Crippen molar-refractivity contribution in [2.45, 2.75) is 19.9 Å². The number of halogens is 1. The van der Waals surface area contributed by atoms with Gasteiger partial charge < -0.3 is 13.8 Å². The summed E-state index contributed by atoms with van der Waals surface area (Å²) >= 11 is 5.83. The Morgan fingerprint density at radius 2 is 2.30 bits per heavy atom. The molecule has 112 valence electrons. The summed E-state index contributed by atoms with van der Waals surface area (Å²) < 4.78 is 33.2. The molecule has 0 bridgehead atoms. The van der Waals surface area contributed by atoms with Gasteiger partial charge in [0.1, 0.15) is 5.82 Å². The molecule has 0 aromatic carbocycles. The number of aromatic nitrogens is 2. The number of hydrogen-bond acceptors (Lipinski definition) is 7. The van der Waals surface area contributed by atoms with Gasteiger partial charge in [0.05, 0.1) is 25.0 Å². The fourth-order valence-corrected chi connectivity index (χ4v) is 2.47. The highest BCUT2D eigenvalue weighted by atomic mass is 35.5. The van der Waals surface area contributed by atoms with Crippen LogP contribution in [0, 0.1) is 0 Å². The first-order valence-electron chi connectivity index (χ1n) is 6.22. The van der Waals surface area contributed by atoms with Crippen LogP contribution >= 0.6 is 11.6 Å². The second-order valence-electron chi connectivity index (χ2n) is 4.38. The molecule has 1 aliphatic rings. The van der Waals surface area contributed by atoms with Crippen molar-refractivity contribution in [2.75, 3.05) is 30.4 Å². The quantitative estimate of drug-likeness (QED) is 0.606. The summed E-state index contributed by atoms with van der Waals surface area (Å²) in [4.78, 5) is 9.87. The molecule has 0 saturated carbocycles. The Balaban J connectivity index is 2.28. The largest absolute Gasteiger partial charge is 0.377 e. The van der Waals surface area contributed by atoms with Crippen LogP contribution in [0.25, 0.3) is 0 Å². The highest BCUT2D eigenvalue weighted by molar-refractivity contribution is 7.87. The lowest BCUT2D eigenvalue weighted by molar-refractivity contribution is 0.0985. The van der Waals surface area contributed by atoms with Gasteiger partial charge in [0, 0.05) is 12.6 Å². The van der Waals surface area contributed by atoms with Crippen molar-refractivity contribution in [3.63, 3.8) is 0 Å². The summed E-state index contributed by atoms with van der Waals surface area (Å²) in [6, 6.07) is 1.59. The fourth-order valence-electron chi connectivity index (χ4n) is 1.83. The first-order chi connectivity index (χ1) is 9.41. The van der Waals surface area contributed by atoms with Crippen molar-refractivity contribution in [1.82, 2.24) is 9.97 Å². The number of ether oxygens (including phenoxy) is 1. The normalized spacial score (nSPS) is 19.9. The van der Waals surface area contributed by atoms with Crippen molar-refractivity contribution in [1.29, 1.82) is 0 Å².